The summed E-state index contributed by atoms with van der Waals surface area (Å²) in [5.41, 5.74) is 17.9. The third-order valence-electron chi connectivity index (χ3n) is 13.8. The van der Waals surface area contributed by atoms with Crippen LogP contribution in [0.25, 0.3) is 83.9 Å². The molecule has 4 nitrogen and oxygen atoms in total. The van der Waals surface area contributed by atoms with Gasteiger partial charge in [-0.3, -0.25) is 9.55 Å². The van der Waals surface area contributed by atoms with E-state index in [2.05, 4.69) is 206 Å². The SMILES string of the molecule is [2H]C(C)(C)c1cc(-c2nc3c(-c4cc(-c5cc(-c6ccc(-c7ccccc7)cc6)ccn5)cc(C(C)(C)C)c4)cccc3n2-c2ccc(C(C)(C)C)cc2-c2ccc(C(C)(C)C)cc2)c(O)c(C([2H])(C)C)c1. The Hall–Kier alpha value is -7.04. The van der Waals surface area contributed by atoms with E-state index >= 15 is 0 Å². The van der Waals surface area contributed by atoms with Gasteiger partial charge in [0.2, 0.25) is 0 Å². The Morgan fingerprint density at radius 3 is 1.70 bits per heavy atom. The number of benzene rings is 7. The first-order chi connectivity index (χ1) is 33.8. The molecule has 9 rings (SSSR count). The molecule has 0 aliphatic carbocycles. The van der Waals surface area contributed by atoms with Crippen molar-refractivity contribution in [3.8, 4) is 78.6 Å². The average molecular weight is 922 g/mol. The Balaban J connectivity index is 1.31. The number of hydrogen-bond acceptors (Lipinski definition) is 3. The van der Waals surface area contributed by atoms with Crippen LogP contribution in [0, 0.1) is 0 Å². The number of para-hydroxylation sites is 1. The molecule has 0 unspecified atom stereocenters. The average Bonchev–Trinajstić information content (AvgIpc) is 3.72. The number of aromatic nitrogens is 3. The zero-order chi connectivity index (χ0) is 51.7. The van der Waals surface area contributed by atoms with Gasteiger partial charge in [0.1, 0.15) is 11.6 Å². The van der Waals surface area contributed by atoms with Crippen molar-refractivity contribution in [2.75, 3.05) is 0 Å². The van der Waals surface area contributed by atoms with Crippen LogP contribution in [0.1, 0.15) is 132 Å². The van der Waals surface area contributed by atoms with E-state index < -0.39 is 11.8 Å². The van der Waals surface area contributed by atoms with Crippen LogP contribution in [-0.4, -0.2) is 19.6 Å². The molecule has 2 aromatic heterocycles. The van der Waals surface area contributed by atoms with E-state index in [4.69, 9.17) is 9.97 Å². The molecule has 0 amide bonds. The highest BCUT2D eigenvalue weighted by atomic mass is 16.3. The van der Waals surface area contributed by atoms with Crippen LogP contribution >= 0.6 is 0 Å². The molecule has 9 aromatic rings. The monoisotopic (exact) mass is 922 g/mol. The minimum absolute atomic E-state index is 0.0128. The number of pyridine rings is 1. The van der Waals surface area contributed by atoms with Crippen molar-refractivity contribution in [3.05, 3.63) is 192 Å². The lowest BCUT2D eigenvalue weighted by Crippen LogP contribution is -2.12. The maximum absolute atomic E-state index is 12.5. The fraction of sp³-hybridized carbons (Fsp3) is 0.273. The fourth-order valence-electron chi connectivity index (χ4n) is 9.43. The Morgan fingerprint density at radius 2 is 1.07 bits per heavy atom. The van der Waals surface area contributed by atoms with Gasteiger partial charge in [-0.1, -0.05) is 199 Å². The second-order valence-corrected chi connectivity index (χ2v) is 22.6. The molecular formula is C66H69N3O. The molecule has 2 heterocycles. The lowest BCUT2D eigenvalue weighted by molar-refractivity contribution is 0.466. The highest BCUT2D eigenvalue weighted by molar-refractivity contribution is 5.98. The molecule has 0 spiro atoms. The van der Waals surface area contributed by atoms with Crippen LogP contribution in [0.2, 0.25) is 0 Å². The van der Waals surface area contributed by atoms with E-state index in [0.717, 1.165) is 66.9 Å². The number of nitrogens with zero attached hydrogens (tertiary/aromatic N) is 3. The third-order valence-corrected chi connectivity index (χ3v) is 13.8. The maximum atomic E-state index is 12.5. The van der Waals surface area contributed by atoms with Crippen molar-refractivity contribution < 1.29 is 7.85 Å². The normalized spacial score (nSPS) is 13.1. The molecule has 1 N–H and O–H groups in total. The molecule has 0 aliphatic rings. The number of aromatic hydroxyl groups is 1. The van der Waals surface area contributed by atoms with E-state index in [-0.39, 0.29) is 22.0 Å². The summed E-state index contributed by atoms with van der Waals surface area (Å²) in [6.07, 6.45) is 1.90. The summed E-state index contributed by atoms with van der Waals surface area (Å²) in [5.74, 6) is -1.68. The van der Waals surface area contributed by atoms with Crippen molar-refractivity contribution in [1.82, 2.24) is 14.5 Å². The topological polar surface area (TPSA) is 50.9 Å². The molecule has 0 radical (unpaired) electrons. The second-order valence-electron chi connectivity index (χ2n) is 22.6. The van der Waals surface area contributed by atoms with Crippen molar-refractivity contribution >= 4 is 11.0 Å². The van der Waals surface area contributed by atoms with Crippen molar-refractivity contribution in [3.63, 3.8) is 0 Å². The molecule has 0 saturated heterocycles. The van der Waals surface area contributed by atoms with Gasteiger partial charge < -0.3 is 5.11 Å². The Bertz CT molecular complexity index is 3460. The van der Waals surface area contributed by atoms with Crippen LogP contribution < -0.4 is 0 Å². The number of fused-ring (bicyclic) bond motifs is 1. The number of rotatable bonds is 9. The highest BCUT2D eigenvalue weighted by Crippen LogP contribution is 2.45. The predicted octanol–water partition coefficient (Wildman–Crippen LogP) is 18.3. The number of phenolic OH excluding ortho intramolecular Hbond substituents is 1. The van der Waals surface area contributed by atoms with Gasteiger partial charge in [0.15, 0.2) is 0 Å². The van der Waals surface area contributed by atoms with E-state index in [1.54, 1.807) is 13.8 Å². The highest BCUT2D eigenvalue weighted by Gasteiger charge is 2.27. The van der Waals surface area contributed by atoms with Gasteiger partial charge in [0, 0.05) is 25.6 Å². The number of phenols is 1. The van der Waals surface area contributed by atoms with Gasteiger partial charge in [0.05, 0.1) is 28.0 Å². The van der Waals surface area contributed by atoms with Crippen molar-refractivity contribution in [2.24, 2.45) is 0 Å². The van der Waals surface area contributed by atoms with E-state index in [0.29, 0.717) is 22.5 Å². The summed E-state index contributed by atoms with van der Waals surface area (Å²) in [4.78, 5) is 10.6. The van der Waals surface area contributed by atoms with E-state index in [1.807, 2.05) is 38.2 Å². The maximum Gasteiger partial charge on any atom is 0.149 e. The van der Waals surface area contributed by atoms with Crippen LogP contribution in [-0.2, 0) is 16.2 Å². The van der Waals surface area contributed by atoms with Gasteiger partial charge in [0.25, 0.3) is 0 Å². The smallest absolute Gasteiger partial charge is 0.149 e. The largest absolute Gasteiger partial charge is 0.507 e. The predicted molar refractivity (Wildman–Crippen MR) is 297 cm³/mol. The zero-order valence-electron chi connectivity index (χ0n) is 45.4. The zero-order valence-corrected chi connectivity index (χ0v) is 43.4. The van der Waals surface area contributed by atoms with Crippen LogP contribution in [0.15, 0.2) is 164 Å². The second kappa shape index (κ2) is 18.4. The van der Waals surface area contributed by atoms with Crippen LogP contribution in [0.4, 0.5) is 0 Å². The molecule has 0 atom stereocenters. The quantitative estimate of drug-likeness (QED) is 0.157. The first kappa shape index (κ1) is 45.4. The lowest BCUT2D eigenvalue weighted by atomic mass is 9.83. The third kappa shape index (κ3) is 9.49. The summed E-state index contributed by atoms with van der Waals surface area (Å²) in [7, 11) is 0. The van der Waals surface area contributed by atoms with Gasteiger partial charge in [-0.15, -0.1) is 0 Å². The minimum atomic E-state index is -1.17. The van der Waals surface area contributed by atoms with E-state index in [9.17, 15) is 7.85 Å². The molecule has 0 bridgehead atoms. The summed E-state index contributed by atoms with van der Waals surface area (Å²) >= 11 is 0. The molecule has 7 aromatic carbocycles. The molecule has 0 fully saturated rings. The standard InChI is InChI=1S/C66H69N3O/c1-41(2)48-37-55(42(3)4)62(70)57(38-48)63-68-61-54(20-17-21-60(61)69(63)59-31-30-52(65(8,9)10)40-56(59)46-26-28-51(29-27-46)64(5,6)7)49-34-50(36-53(35-49)66(11,12)13)58-39-47(32-33-67-58)45-24-22-44(23-25-45)43-18-15-14-16-19-43/h14-42,70H,1-13H3/i41D,42D. The van der Waals surface area contributed by atoms with Crippen LogP contribution in [0.5, 0.6) is 5.75 Å². The molecule has 70 heavy (non-hydrogen) atoms. The number of hydrogen-bond donors (Lipinski definition) is 1. The lowest BCUT2D eigenvalue weighted by Gasteiger charge is -2.24. The minimum Gasteiger partial charge on any atom is -0.507 e. The first-order valence-electron chi connectivity index (χ1n) is 25.7. The van der Waals surface area contributed by atoms with Crippen molar-refractivity contribution in [1.29, 1.82) is 0 Å². The van der Waals surface area contributed by atoms with E-state index in [1.165, 1.54) is 22.3 Å². The summed E-state index contributed by atoms with van der Waals surface area (Å²) in [5, 5.41) is 12.5. The summed E-state index contributed by atoms with van der Waals surface area (Å²) < 4.78 is 20.7. The van der Waals surface area contributed by atoms with Crippen LogP contribution in [0.3, 0.4) is 0 Å². The molecule has 0 saturated carbocycles. The Kier molecular flexibility index (Phi) is 11.9. The Labute approximate surface area is 420 Å². The fourth-order valence-corrected chi connectivity index (χ4v) is 9.43. The van der Waals surface area contributed by atoms with Gasteiger partial charge in [-0.2, -0.15) is 0 Å². The summed E-state index contributed by atoms with van der Waals surface area (Å²) in [6.45, 7) is 27.4. The molecule has 4 heteroatoms. The van der Waals surface area contributed by atoms with Gasteiger partial charge in [-0.05, 0) is 138 Å². The molecule has 0 aliphatic heterocycles. The Morgan fingerprint density at radius 1 is 0.471 bits per heavy atom. The van der Waals surface area contributed by atoms with Gasteiger partial charge in [-0.25, -0.2) is 4.98 Å². The molecule has 354 valence electrons. The van der Waals surface area contributed by atoms with Gasteiger partial charge >= 0.3 is 0 Å². The molecular weight excluding hydrogens is 851 g/mol. The number of imidazole rings is 1. The summed E-state index contributed by atoms with van der Waals surface area (Å²) in [6, 6.07) is 55.9. The van der Waals surface area contributed by atoms with Crippen molar-refractivity contribution in [2.45, 2.75) is 118 Å². The first-order valence-corrected chi connectivity index (χ1v) is 24.7.